The minimum absolute atomic E-state index is 0.0187. The number of carbonyl (C=O) groups excluding carboxylic acids is 1. The van der Waals surface area contributed by atoms with Crippen molar-refractivity contribution in [2.75, 3.05) is 24.6 Å². The first-order valence-electron chi connectivity index (χ1n) is 5.98. The van der Waals surface area contributed by atoms with Gasteiger partial charge < -0.3 is 20.5 Å². The molecule has 1 fully saturated rings. The highest BCUT2D eigenvalue weighted by molar-refractivity contribution is 5.96. The summed E-state index contributed by atoms with van der Waals surface area (Å²) in [5.74, 6) is -0.0474. The Morgan fingerprint density at radius 1 is 1.50 bits per heavy atom. The van der Waals surface area contributed by atoms with E-state index in [1.807, 2.05) is 6.92 Å². The third-order valence-electron chi connectivity index (χ3n) is 3.18. The van der Waals surface area contributed by atoms with Crippen LogP contribution >= 0.6 is 0 Å². The predicted octanol–water partition coefficient (Wildman–Crippen LogP) is 0.863. The Labute approximate surface area is 106 Å². The van der Waals surface area contributed by atoms with E-state index in [2.05, 4.69) is 0 Å². The van der Waals surface area contributed by atoms with Crippen molar-refractivity contribution in [1.29, 1.82) is 0 Å². The number of nitrogens with zero attached hydrogens (tertiary/aromatic N) is 1. The van der Waals surface area contributed by atoms with E-state index >= 15 is 0 Å². The molecule has 0 saturated carbocycles. The number of phenolic OH excluding ortho intramolecular Hbond substituents is 1. The highest BCUT2D eigenvalue weighted by Gasteiger charge is 2.36. The zero-order valence-corrected chi connectivity index (χ0v) is 10.4. The molecule has 3 N–H and O–H groups in total. The van der Waals surface area contributed by atoms with Gasteiger partial charge in [-0.2, -0.15) is 0 Å². The second-order valence-electron chi connectivity index (χ2n) is 4.75. The number of aromatic hydroxyl groups is 1. The van der Waals surface area contributed by atoms with Crippen molar-refractivity contribution in [2.45, 2.75) is 18.9 Å². The molecule has 18 heavy (non-hydrogen) atoms. The Bertz CT molecular complexity index is 450. The van der Waals surface area contributed by atoms with Crippen LogP contribution in [0.3, 0.4) is 0 Å². The number of hydrogen-bond donors (Lipinski definition) is 2. The van der Waals surface area contributed by atoms with E-state index in [0.29, 0.717) is 25.2 Å². The molecule has 0 aromatic heterocycles. The molecule has 0 spiro atoms. The van der Waals surface area contributed by atoms with Gasteiger partial charge in [-0.1, -0.05) is 12.1 Å². The lowest BCUT2D eigenvalue weighted by atomic mass is 9.99. The smallest absolute Gasteiger partial charge is 0.253 e. The Hall–Kier alpha value is -1.59. The van der Waals surface area contributed by atoms with Crippen LogP contribution in [0, 0.1) is 0 Å². The first kappa shape index (κ1) is 12.9. The summed E-state index contributed by atoms with van der Waals surface area (Å²) >= 11 is 0. The van der Waals surface area contributed by atoms with Crippen LogP contribution in [0.2, 0.25) is 0 Å². The van der Waals surface area contributed by atoms with E-state index in [0.717, 1.165) is 0 Å². The maximum absolute atomic E-state index is 11.9. The van der Waals surface area contributed by atoms with E-state index < -0.39 is 5.60 Å². The number of benzene rings is 1. The summed E-state index contributed by atoms with van der Waals surface area (Å²) < 4.78 is 5.56. The van der Waals surface area contributed by atoms with Gasteiger partial charge in [0.15, 0.2) is 0 Å². The van der Waals surface area contributed by atoms with Crippen molar-refractivity contribution in [3.63, 3.8) is 0 Å². The Morgan fingerprint density at radius 2 is 2.22 bits per heavy atom. The Balaban J connectivity index is 2.26. The number of anilines is 1. The fourth-order valence-corrected chi connectivity index (χ4v) is 2.15. The van der Waals surface area contributed by atoms with Gasteiger partial charge in [0.05, 0.1) is 17.8 Å². The summed E-state index contributed by atoms with van der Waals surface area (Å²) in [4.78, 5) is 13.5. The summed E-state index contributed by atoms with van der Waals surface area (Å²) in [6, 6.07) is 6.81. The molecule has 1 amide bonds. The number of nitrogens with two attached hydrogens (primary N) is 1. The average Bonchev–Trinajstić information content (AvgIpc) is 2.34. The lowest BCUT2D eigenvalue weighted by Gasteiger charge is -2.40. The zero-order chi connectivity index (χ0) is 13.2. The van der Waals surface area contributed by atoms with Crippen LogP contribution < -0.4 is 10.6 Å². The van der Waals surface area contributed by atoms with Crippen LogP contribution in [0.4, 0.5) is 5.69 Å². The third kappa shape index (κ3) is 2.47. The molecule has 1 heterocycles. The second-order valence-corrected chi connectivity index (χ2v) is 4.75. The maximum atomic E-state index is 11.9. The van der Waals surface area contributed by atoms with Crippen LogP contribution in [-0.4, -0.2) is 36.3 Å². The molecular weight excluding hydrogens is 232 g/mol. The number of para-hydroxylation sites is 2. The van der Waals surface area contributed by atoms with Crippen LogP contribution in [-0.2, 0) is 9.53 Å². The van der Waals surface area contributed by atoms with E-state index in [1.54, 1.807) is 29.2 Å². The minimum Gasteiger partial charge on any atom is -0.506 e. The molecule has 1 aliphatic heterocycles. The molecule has 2 rings (SSSR count). The van der Waals surface area contributed by atoms with Crippen LogP contribution in [0.15, 0.2) is 24.3 Å². The van der Waals surface area contributed by atoms with E-state index in [-0.39, 0.29) is 18.3 Å². The number of carbonyl (C=O) groups is 1. The third-order valence-corrected chi connectivity index (χ3v) is 3.18. The maximum Gasteiger partial charge on any atom is 0.253 e. The Kier molecular flexibility index (Phi) is 3.54. The number of amides is 1. The minimum atomic E-state index is -0.453. The van der Waals surface area contributed by atoms with Crippen LogP contribution in [0.1, 0.15) is 13.3 Å². The first-order chi connectivity index (χ1) is 8.56. The van der Waals surface area contributed by atoms with Gasteiger partial charge in [-0.3, -0.25) is 4.79 Å². The largest absolute Gasteiger partial charge is 0.506 e. The highest BCUT2D eigenvalue weighted by atomic mass is 16.5. The van der Waals surface area contributed by atoms with Gasteiger partial charge in [0.25, 0.3) is 5.91 Å². The van der Waals surface area contributed by atoms with E-state index in [4.69, 9.17) is 10.5 Å². The monoisotopic (exact) mass is 250 g/mol. The number of hydrogen-bond acceptors (Lipinski definition) is 4. The molecule has 1 atom stereocenters. The molecule has 0 radical (unpaired) electrons. The molecular formula is C13H18N2O3. The summed E-state index contributed by atoms with van der Waals surface area (Å²) in [6.45, 7) is 2.85. The van der Waals surface area contributed by atoms with Gasteiger partial charge in [0.2, 0.25) is 0 Å². The second kappa shape index (κ2) is 4.96. The number of phenols is 1. The standard InChI is InChI=1S/C13H18N2O3/c1-13(6-7-14)9-15(12(17)8-18-13)10-4-2-3-5-11(10)16/h2-5,16H,6-9,14H2,1H3. The first-order valence-corrected chi connectivity index (χ1v) is 5.98. The lowest BCUT2D eigenvalue weighted by molar-refractivity contribution is -0.137. The van der Waals surface area contributed by atoms with Gasteiger partial charge in [0, 0.05) is 0 Å². The molecule has 98 valence electrons. The van der Waals surface area contributed by atoms with Gasteiger partial charge in [-0.05, 0) is 32.0 Å². The van der Waals surface area contributed by atoms with Crippen molar-refractivity contribution < 1.29 is 14.6 Å². The van der Waals surface area contributed by atoms with Gasteiger partial charge in [0.1, 0.15) is 12.4 Å². The predicted molar refractivity (Wildman–Crippen MR) is 68.5 cm³/mol. The average molecular weight is 250 g/mol. The van der Waals surface area contributed by atoms with Crippen molar-refractivity contribution in [1.82, 2.24) is 0 Å². The van der Waals surface area contributed by atoms with Gasteiger partial charge in [-0.15, -0.1) is 0 Å². The topological polar surface area (TPSA) is 75.8 Å². The zero-order valence-electron chi connectivity index (χ0n) is 10.4. The molecule has 5 heteroatoms. The molecule has 0 bridgehead atoms. The quantitative estimate of drug-likeness (QED) is 0.834. The summed E-state index contributed by atoms with van der Waals surface area (Å²) in [5.41, 5.74) is 5.63. The highest BCUT2D eigenvalue weighted by Crippen LogP contribution is 2.31. The fourth-order valence-electron chi connectivity index (χ4n) is 2.15. The fraction of sp³-hybridized carbons (Fsp3) is 0.462. The van der Waals surface area contributed by atoms with E-state index in [9.17, 15) is 9.90 Å². The van der Waals surface area contributed by atoms with Crippen molar-refractivity contribution in [3.8, 4) is 5.75 Å². The lowest BCUT2D eigenvalue weighted by Crippen LogP contribution is -2.54. The summed E-state index contributed by atoms with van der Waals surface area (Å²) in [6.07, 6.45) is 0.671. The normalized spacial score (nSPS) is 24.3. The SMILES string of the molecule is CC1(CCN)CN(c2ccccc2O)C(=O)CO1. The van der Waals surface area contributed by atoms with Crippen LogP contribution in [0.25, 0.3) is 0 Å². The molecule has 1 unspecified atom stereocenters. The van der Waals surface area contributed by atoms with Gasteiger partial charge >= 0.3 is 0 Å². The molecule has 1 aliphatic rings. The van der Waals surface area contributed by atoms with Crippen LogP contribution in [0.5, 0.6) is 5.75 Å². The molecule has 0 aliphatic carbocycles. The van der Waals surface area contributed by atoms with Crippen molar-refractivity contribution in [3.05, 3.63) is 24.3 Å². The number of morpholine rings is 1. The molecule has 1 aromatic rings. The number of ether oxygens (including phenoxy) is 1. The summed E-state index contributed by atoms with van der Waals surface area (Å²) in [7, 11) is 0. The van der Waals surface area contributed by atoms with Crippen molar-refractivity contribution >= 4 is 11.6 Å². The van der Waals surface area contributed by atoms with Gasteiger partial charge in [-0.25, -0.2) is 0 Å². The Morgan fingerprint density at radius 3 is 2.89 bits per heavy atom. The molecule has 1 saturated heterocycles. The summed E-state index contributed by atoms with van der Waals surface area (Å²) in [5, 5.41) is 9.82. The molecule has 1 aromatic carbocycles. The van der Waals surface area contributed by atoms with Crippen molar-refractivity contribution in [2.24, 2.45) is 5.73 Å². The molecule has 5 nitrogen and oxygen atoms in total. The number of rotatable bonds is 3. The van der Waals surface area contributed by atoms with E-state index in [1.165, 1.54) is 0 Å².